The number of nitrogens with one attached hydrogen (secondary N) is 1. The van der Waals surface area contributed by atoms with Gasteiger partial charge in [0.25, 0.3) is 0 Å². The van der Waals surface area contributed by atoms with E-state index >= 15 is 0 Å². The molecule has 0 saturated carbocycles. The molecule has 0 aliphatic carbocycles. The molecule has 0 aliphatic rings. The number of sulfone groups is 1. The first-order valence-corrected chi connectivity index (χ1v) is 11.1. The van der Waals surface area contributed by atoms with Gasteiger partial charge >= 0.3 is 0 Å². The van der Waals surface area contributed by atoms with Gasteiger partial charge in [-0.15, -0.1) is 10.2 Å². The van der Waals surface area contributed by atoms with Gasteiger partial charge in [-0.2, -0.15) is 0 Å². The molecule has 1 aromatic carbocycles. The summed E-state index contributed by atoms with van der Waals surface area (Å²) in [6.07, 6.45) is -0.110. The summed E-state index contributed by atoms with van der Waals surface area (Å²) in [4.78, 5) is 11.9. The molecule has 2 aromatic rings. The first kappa shape index (κ1) is 19.8. The zero-order valence-corrected chi connectivity index (χ0v) is 16.1. The second-order valence-corrected chi connectivity index (χ2v) is 9.59. The number of hydrogen-bond donors (Lipinski definition) is 1. The predicted molar refractivity (Wildman–Crippen MR) is 99.7 cm³/mol. The summed E-state index contributed by atoms with van der Waals surface area (Å²) in [5.41, 5.74) is 0.713. The van der Waals surface area contributed by atoms with Crippen molar-refractivity contribution in [1.82, 2.24) is 10.2 Å². The smallest absolute Gasteiger partial charge is 0.227 e. The van der Waals surface area contributed by atoms with Gasteiger partial charge in [-0.05, 0) is 5.56 Å². The molecule has 7 nitrogen and oxygen atoms in total. The van der Waals surface area contributed by atoms with E-state index in [2.05, 4.69) is 15.5 Å². The van der Waals surface area contributed by atoms with Crippen LogP contribution in [-0.2, 0) is 25.1 Å². The first-order chi connectivity index (χ1) is 12.0. The molecular formula is C15H19N3O4S3. The third-order valence-corrected chi connectivity index (χ3v) is 6.57. The van der Waals surface area contributed by atoms with Crippen molar-refractivity contribution in [3.05, 3.63) is 35.9 Å². The minimum Gasteiger partial charge on any atom is -0.384 e. The summed E-state index contributed by atoms with van der Waals surface area (Å²) < 4.78 is 29.9. The fourth-order valence-corrected chi connectivity index (χ4v) is 4.94. The maximum absolute atomic E-state index is 12.1. The second-order valence-electron chi connectivity index (χ2n) is 5.09. The Morgan fingerprint density at radius 2 is 2.04 bits per heavy atom. The third kappa shape index (κ3) is 7.51. The maximum atomic E-state index is 12.1. The van der Waals surface area contributed by atoms with E-state index in [0.717, 1.165) is 10.1 Å². The molecule has 10 heteroatoms. The van der Waals surface area contributed by atoms with Crippen LogP contribution in [0.15, 0.2) is 34.7 Å². The number of rotatable bonds is 10. The molecule has 2 rings (SSSR count). The SMILES string of the molecule is COCCSc1nnc(NC(=O)CCS(=O)(=O)Cc2ccccc2)s1. The summed E-state index contributed by atoms with van der Waals surface area (Å²) in [5, 5.41) is 10.8. The van der Waals surface area contributed by atoms with Gasteiger partial charge in [0.15, 0.2) is 14.2 Å². The molecule has 25 heavy (non-hydrogen) atoms. The molecule has 0 unspecified atom stereocenters. The van der Waals surface area contributed by atoms with Gasteiger partial charge in [-0.25, -0.2) is 8.42 Å². The van der Waals surface area contributed by atoms with E-state index in [1.165, 1.54) is 23.1 Å². The van der Waals surface area contributed by atoms with Crippen LogP contribution in [0, 0.1) is 0 Å². The van der Waals surface area contributed by atoms with Crippen molar-refractivity contribution >= 4 is 44.0 Å². The van der Waals surface area contributed by atoms with Crippen molar-refractivity contribution in [2.24, 2.45) is 0 Å². The molecule has 0 fully saturated rings. The van der Waals surface area contributed by atoms with E-state index in [9.17, 15) is 13.2 Å². The number of methoxy groups -OCH3 is 1. The highest BCUT2D eigenvalue weighted by Crippen LogP contribution is 2.25. The minimum atomic E-state index is -3.34. The van der Waals surface area contributed by atoms with Crippen molar-refractivity contribution in [3.8, 4) is 0 Å². The summed E-state index contributed by atoms with van der Waals surface area (Å²) in [5.74, 6) is 0.0835. The summed E-state index contributed by atoms with van der Waals surface area (Å²) >= 11 is 2.74. The number of nitrogens with zero attached hydrogens (tertiary/aromatic N) is 2. The Bertz CT molecular complexity index is 778. The molecule has 1 aromatic heterocycles. The molecule has 1 amide bonds. The maximum Gasteiger partial charge on any atom is 0.227 e. The Labute approximate surface area is 155 Å². The Balaban J connectivity index is 1.78. The topological polar surface area (TPSA) is 98.2 Å². The van der Waals surface area contributed by atoms with Gasteiger partial charge < -0.3 is 10.1 Å². The van der Waals surface area contributed by atoms with Crippen molar-refractivity contribution in [2.45, 2.75) is 16.5 Å². The number of anilines is 1. The third-order valence-electron chi connectivity index (χ3n) is 3.04. The second kappa shape index (κ2) is 9.85. The number of hydrogen-bond acceptors (Lipinski definition) is 8. The average Bonchev–Trinajstić information content (AvgIpc) is 3.01. The van der Waals surface area contributed by atoms with E-state index in [1.54, 1.807) is 31.4 Å². The molecule has 1 heterocycles. The summed E-state index contributed by atoms with van der Waals surface area (Å²) in [6, 6.07) is 8.90. The predicted octanol–water partition coefficient (Wildman–Crippen LogP) is 2.22. The van der Waals surface area contributed by atoms with Crippen LogP contribution >= 0.6 is 23.1 Å². The minimum absolute atomic E-state index is 0.0692. The van der Waals surface area contributed by atoms with Gasteiger partial charge in [-0.3, -0.25) is 4.79 Å². The van der Waals surface area contributed by atoms with Crippen molar-refractivity contribution in [3.63, 3.8) is 0 Å². The monoisotopic (exact) mass is 401 g/mol. The molecule has 0 saturated heterocycles. The zero-order valence-electron chi connectivity index (χ0n) is 13.7. The lowest BCUT2D eigenvalue weighted by molar-refractivity contribution is -0.115. The van der Waals surface area contributed by atoms with Gasteiger partial charge in [0, 0.05) is 19.3 Å². The first-order valence-electron chi connectivity index (χ1n) is 7.48. The standard InChI is InChI=1S/C15H19N3O4S3/c1-22-8-9-23-15-18-17-14(24-15)16-13(19)7-10-25(20,21)11-12-5-3-2-4-6-12/h2-6H,7-11H2,1H3,(H,16,17,19). The highest BCUT2D eigenvalue weighted by Gasteiger charge is 2.16. The molecule has 136 valence electrons. The Kier molecular flexibility index (Phi) is 7.82. The number of amides is 1. The van der Waals surface area contributed by atoms with E-state index < -0.39 is 9.84 Å². The van der Waals surface area contributed by atoms with Gasteiger partial charge in [0.05, 0.1) is 18.1 Å². The van der Waals surface area contributed by atoms with Gasteiger partial charge in [-0.1, -0.05) is 53.4 Å². The van der Waals surface area contributed by atoms with E-state index in [4.69, 9.17) is 4.74 Å². The van der Waals surface area contributed by atoms with E-state index in [-0.39, 0.29) is 23.8 Å². The van der Waals surface area contributed by atoms with Gasteiger partial charge in [0.1, 0.15) is 0 Å². The fraction of sp³-hybridized carbons (Fsp3) is 0.400. The average molecular weight is 402 g/mol. The molecule has 0 radical (unpaired) electrons. The Morgan fingerprint density at radius 3 is 2.76 bits per heavy atom. The van der Waals surface area contributed by atoms with E-state index in [1.807, 2.05) is 6.07 Å². The van der Waals surface area contributed by atoms with Gasteiger partial charge in [0.2, 0.25) is 11.0 Å². The number of ether oxygens (including phenoxy) is 1. The van der Waals surface area contributed by atoms with Crippen molar-refractivity contribution in [1.29, 1.82) is 0 Å². The number of carbonyl (C=O) groups excluding carboxylic acids is 1. The van der Waals surface area contributed by atoms with Crippen LogP contribution in [0.3, 0.4) is 0 Å². The highest BCUT2D eigenvalue weighted by atomic mass is 32.2. The zero-order chi connectivity index (χ0) is 18.1. The molecule has 0 atom stereocenters. The largest absolute Gasteiger partial charge is 0.384 e. The fourth-order valence-electron chi connectivity index (χ4n) is 1.86. The molecular weight excluding hydrogens is 382 g/mol. The molecule has 1 N–H and O–H groups in total. The van der Waals surface area contributed by atoms with Crippen LogP contribution in [0.25, 0.3) is 0 Å². The molecule has 0 spiro atoms. The number of thioether (sulfide) groups is 1. The number of benzene rings is 1. The van der Waals surface area contributed by atoms with Crippen molar-refractivity contribution in [2.75, 3.05) is 30.5 Å². The normalized spacial score (nSPS) is 11.4. The highest BCUT2D eigenvalue weighted by molar-refractivity contribution is 8.01. The van der Waals surface area contributed by atoms with E-state index in [0.29, 0.717) is 17.3 Å². The van der Waals surface area contributed by atoms with Crippen LogP contribution in [0.2, 0.25) is 0 Å². The molecule has 0 aliphatic heterocycles. The molecule has 0 bridgehead atoms. The quantitative estimate of drug-likeness (QED) is 0.370. The number of aromatic nitrogens is 2. The van der Waals surface area contributed by atoms with Crippen LogP contribution in [0.4, 0.5) is 5.13 Å². The lowest BCUT2D eigenvalue weighted by atomic mass is 10.2. The van der Waals surface area contributed by atoms with Crippen LogP contribution < -0.4 is 5.32 Å². The Morgan fingerprint density at radius 1 is 1.28 bits per heavy atom. The number of carbonyl (C=O) groups is 1. The van der Waals surface area contributed by atoms with Crippen LogP contribution in [0.1, 0.15) is 12.0 Å². The van der Waals surface area contributed by atoms with Crippen LogP contribution in [0.5, 0.6) is 0 Å². The van der Waals surface area contributed by atoms with Crippen molar-refractivity contribution < 1.29 is 17.9 Å². The Hall–Kier alpha value is -1.49. The summed E-state index contributed by atoms with van der Waals surface area (Å²) in [6.45, 7) is 0.602. The summed E-state index contributed by atoms with van der Waals surface area (Å²) in [7, 11) is -1.72. The lowest BCUT2D eigenvalue weighted by Crippen LogP contribution is -2.18. The van der Waals surface area contributed by atoms with Crippen LogP contribution in [-0.4, -0.2) is 49.7 Å². The lowest BCUT2D eigenvalue weighted by Gasteiger charge is -2.04.